The number of hydrogen-bond acceptors (Lipinski definition) is 5. The quantitative estimate of drug-likeness (QED) is 0.475. The first-order valence-corrected chi connectivity index (χ1v) is 7.17. The van der Waals surface area contributed by atoms with Crippen LogP contribution < -0.4 is 18.9 Å². The standard InChI is InChI=1S/C11H16N4O3S.Li/c1-7-5-9(3)14(12-7)11(19(16,17)18)15-10(4)6-8(2)13-15;/h5-6,11H,1-4H3,(H,16,17,18);/q;+1/p-1. The summed E-state index contributed by atoms with van der Waals surface area (Å²) in [5, 5.41) is 8.16. The molecule has 0 spiro atoms. The molecule has 104 valence electrons. The second kappa shape index (κ2) is 5.74. The average Bonchev–Trinajstić information content (AvgIpc) is 2.70. The van der Waals surface area contributed by atoms with Crippen molar-refractivity contribution in [2.45, 2.75) is 33.2 Å². The van der Waals surface area contributed by atoms with E-state index in [2.05, 4.69) is 10.2 Å². The third kappa shape index (κ3) is 3.15. The van der Waals surface area contributed by atoms with Crippen molar-refractivity contribution < 1.29 is 31.8 Å². The van der Waals surface area contributed by atoms with E-state index in [0.29, 0.717) is 22.8 Å². The van der Waals surface area contributed by atoms with Gasteiger partial charge in [0.25, 0.3) is 0 Å². The fraction of sp³-hybridized carbons (Fsp3) is 0.455. The Labute approximate surface area is 129 Å². The molecule has 0 aliphatic heterocycles. The summed E-state index contributed by atoms with van der Waals surface area (Å²) in [6, 6.07) is 3.42. The zero-order chi connectivity index (χ0) is 14.4. The molecule has 2 rings (SSSR count). The van der Waals surface area contributed by atoms with Crippen LogP contribution in [0.4, 0.5) is 0 Å². The van der Waals surface area contributed by atoms with Crippen molar-refractivity contribution in [3.8, 4) is 0 Å². The predicted octanol–water partition coefficient (Wildman–Crippen LogP) is -2.13. The van der Waals surface area contributed by atoms with Gasteiger partial charge in [-0.2, -0.15) is 10.2 Å². The molecule has 0 amide bonds. The number of aryl methyl sites for hydroxylation is 4. The maximum atomic E-state index is 11.6. The van der Waals surface area contributed by atoms with Gasteiger partial charge in [-0.1, -0.05) is 0 Å². The molecule has 2 heterocycles. The van der Waals surface area contributed by atoms with Crippen LogP contribution in [0.2, 0.25) is 0 Å². The van der Waals surface area contributed by atoms with Crippen LogP contribution >= 0.6 is 0 Å². The van der Waals surface area contributed by atoms with Gasteiger partial charge in [-0.25, -0.2) is 17.8 Å². The molecule has 0 aromatic carbocycles. The molecule has 0 N–H and O–H groups in total. The van der Waals surface area contributed by atoms with E-state index in [1.54, 1.807) is 39.8 Å². The van der Waals surface area contributed by atoms with Gasteiger partial charge in [0.05, 0.1) is 11.4 Å². The van der Waals surface area contributed by atoms with E-state index in [1.165, 1.54) is 9.36 Å². The number of nitrogens with zero attached hydrogens (tertiary/aromatic N) is 4. The molecular formula is C11H15LiN4O3S. The molecule has 0 fully saturated rings. The smallest absolute Gasteiger partial charge is 0.745 e. The van der Waals surface area contributed by atoms with Gasteiger partial charge in [0, 0.05) is 11.4 Å². The van der Waals surface area contributed by atoms with Gasteiger partial charge in [-0.3, -0.25) is 0 Å². The maximum absolute atomic E-state index is 11.6. The number of rotatable bonds is 3. The summed E-state index contributed by atoms with van der Waals surface area (Å²) in [6.07, 6.45) is 0. The Bertz CT molecular complexity index is 674. The summed E-state index contributed by atoms with van der Waals surface area (Å²) in [7, 11) is -4.64. The second-order valence-electron chi connectivity index (χ2n) is 4.56. The van der Waals surface area contributed by atoms with Crippen molar-refractivity contribution in [1.29, 1.82) is 0 Å². The molecule has 2 aromatic rings. The van der Waals surface area contributed by atoms with Gasteiger partial charge in [0.1, 0.15) is 10.1 Å². The average molecular weight is 290 g/mol. The van der Waals surface area contributed by atoms with Gasteiger partial charge in [-0.15, -0.1) is 0 Å². The molecule has 20 heavy (non-hydrogen) atoms. The molecule has 2 aromatic heterocycles. The third-order valence-corrected chi connectivity index (χ3v) is 3.68. The van der Waals surface area contributed by atoms with Crippen LogP contribution in [-0.4, -0.2) is 32.5 Å². The number of aromatic nitrogens is 4. The SMILES string of the molecule is Cc1cc(C)n(C(n2nc(C)cc2C)S(=O)(=O)[O-])n1.[Li+]. The van der Waals surface area contributed by atoms with Crippen LogP contribution in [0, 0.1) is 27.7 Å². The van der Waals surface area contributed by atoms with Crippen LogP contribution in [0.25, 0.3) is 0 Å². The summed E-state index contributed by atoms with van der Waals surface area (Å²) in [5.74, 6) is 0. The molecule has 7 nitrogen and oxygen atoms in total. The van der Waals surface area contributed by atoms with E-state index in [1.807, 2.05) is 0 Å². The monoisotopic (exact) mass is 290 g/mol. The third-order valence-electron chi connectivity index (χ3n) is 2.77. The predicted molar refractivity (Wildman–Crippen MR) is 67.5 cm³/mol. The topological polar surface area (TPSA) is 92.8 Å². The van der Waals surface area contributed by atoms with E-state index in [0.717, 1.165) is 0 Å². The van der Waals surface area contributed by atoms with Crippen LogP contribution in [-0.2, 0) is 10.1 Å². The molecule has 0 saturated heterocycles. The van der Waals surface area contributed by atoms with E-state index in [9.17, 15) is 13.0 Å². The van der Waals surface area contributed by atoms with Crippen molar-refractivity contribution in [3.63, 3.8) is 0 Å². The Balaban J connectivity index is 0.00000200. The van der Waals surface area contributed by atoms with E-state index in [4.69, 9.17) is 0 Å². The van der Waals surface area contributed by atoms with Crippen molar-refractivity contribution in [3.05, 3.63) is 34.9 Å². The normalized spacial score (nSPS) is 11.7. The molecule has 0 atom stereocenters. The Hall–Kier alpha value is -1.07. The van der Waals surface area contributed by atoms with Crippen molar-refractivity contribution in [1.82, 2.24) is 19.6 Å². The largest absolute Gasteiger partial charge is 1.00 e. The molecule has 0 radical (unpaired) electrons. The Morgan fingerprint density at radius 1 is 1.00 bits per heavy atom. The van der Waals surface area contributed by atoms with Crippen molar-refractivity contribution in [2.75, 3.05) is 0 Å². The van der Waals surface area contributed by atoms with E-state index in [-0.39, 0.29) is 18.9 Å². The van der Waals surface area contributed by atoms with Gasteiger partial charge in [0.2, 0.25) is 5.50 Å². The zero-order valence-electron chi connectivity index (χ0n) is 12.2. The van der Waals surface area contributed by atoms with Crippen LogP contribution in [0.1, 0.15) is 28.3 Å². The molecule has 0 saturated carbocycles. The van der Waals surface area contributed by atoms with Crippen LogP contribution in [0.5, 0.6) is 0 Å². The van der Waals surface area contributed by atoms with Gasteiger partial charge < -0.3 is 4.55 Å². The van der Waals surface area contributed by atoms with Crippen LogP contribution in [0.15, 0.2) is 12.1 Å². The minimum absolute atomic E-state index is 0. The fourth-order valence-corrected chi connectivity index (χ4v) is 3.00. The van der Waals surface area contributed by atoms with E-state index < -0.39 is 15.6 Å². The zero-order valence-corrected chi connectivity index (χ0v) is 13.0. The summed E-state index contributed by atoms with van der Waals surface area (Å²) >= 11 is 0. The van der Waals surface area contributed by atoms with Crippen LogP contribution in [0.3, 0.4) is 0 Å². The van der Waals surface area contributed by atoms with Crippen molar-refractivity contribution in [2.24, 2.45) is 0 Å². The molecule has 0 unspecified atom stereocenters. The Kier molecular flexibility index (Phi) is 4.87. The molecule has 0 aliphatic rings. The maximum Gasteiger partial charge on any atom is 1.00 e. The first-order valence-electron chi connectivity index (χ1n) is 5.70. The van der Waals surface area contributed by atoms with Gasteiger partial charge >= 0.3 is 18.9 Å². The second-order valence-corrected chi connectivity index (χ2v) is 5.97. The summed E-state index contributed by atoms with van der Waals surface area (Å²) in [6.45, 7) is 6.87. The number of hydrogen-bond donors (Lipinski definition) is 0. The molecule has 0 aliphatic carbocycles. The first-order chi connectivity index (χ1) is 8.70. The Morgan fingerprint density at radius 3 is 1.55 bits per heavy atom. The summed E-state index contributed by atoms with van der Waals surface area (Å²) in [4.78, 5) is 0. The molecule has 0 bridgehead atoms. The minimum atomic E-state index is -4.64. The Morgan fingerprint density at radius 2 is 1.35 bits per heavy atom. The summed E-state index contributed by atoms with van der Waals surface area (Å²) < 4.78 is 37.1. The van der Waals surface area contributed by atoms with Crippen molar-refractivity contribution >= 4 is 10.1 Å². The van der Waals surface area contributed by atoms with E-state index >= 15 is 0 Å². The van der Waals surface area contributed by atoms with Gasteiger partial charge in [-0.05, 0) is 39.8 Å². The molecular weight excluding hydrogens is 275 g/mol. The molecule has 9 heteroatoms. The van der Waals surface area contributed by atoms with Gasteiger partial charge in [0.15, 0.2) is 0 Å². The minimum Gasteiger partial charge on any atom is -0.745 e. The summed E-state index contributed by atoms with van der Waals surface area (Å²) in [5.41, 5.74) is 0.985. The first kappa shape index (κ1) is 17.0. The fourth-order valence-electron chi connectivity index (χ4n) is 2.09.